The van der Waals surface area contributed by atoms with Crippen molar-refractivity contribution in [1.29, 1.82) is 0 Å². The van der Waals surface area contributed by atoms with Crippen LogP contribution in [0.15, 0.2) is 60.7 Å². The molecule has 168 valence electrons. The first-order chi connectivity index (χ1) is 14.7. The lowest BCUT2D eigenvalue weighted by molar-refractivity contribution is 0.730. The van der Waals surface area contributed by atoms with Crippen LogP contribution in [-0.2, 0) is 0 Å². The Bertz CT molecular complexity index is 977. The van der Waals surface area contributed by atoms with E-state index in [2.05, 4.69) is 151 Å². The first kappa shape index (κ1) is 26.0. The van der Waals surface area contributed by atoms with Crippen LogP contribution < -0.4 is 0 Å². The second-order valence-electron chi connectivity index (χ2n) is 11.7. The van der Waals surface area contributed by atoms with Gasteiger partial charge in [-0.05, 0) is 21.2 Å². The van der Waals surface area contributed by atoms with Crippen molar-refractivity contribution in [3.8, 4) is 22.9 Å². The smallest absolute Gasteiger partial charge is 0.126 e. The maximum Gasteiger partial charge on any atom is 0.138 e. The summed E-state index contributed by atoms with van der Waals surface area (Å²) in [5.74, 6) is 7.32. The van der Waals surface area contributed by atoms with Gasteiger partial charge in [-0.15, -0.1) is 11.1 Å². The maximum absolute atomic E-state index is 3.75. The van der Waals surface area contributed by atoms with Gasteiger partial charge in [-0.3, -0.25) is 0 Å². The Morgan fingerprint density at radius 3 is 1.06 bits per heavy atom. The predicted molar refractivity (Wildman–Crippen MR) is 150 cm³/mol. The van der Waals surface area contributed by atoms with Crippen molar-refractivity contribution in [3.05, 3.63) is 71.8 Å². The molecule has 2 aromatic carbocycles. The van der Waals surface area contributed by atoms with E-state index in [1.54, 1.807) is 0 Å². The van der Waals surface area contributed by atoms with Crippen molar-refractivity contribution < 1.29 is 0 Å². The Balaban J connectivity index is 2.88. The van der Waals surface area contributed by atoms with Gasteiger partial charge in [0.2, 0.25) is 0 Å². The lowest BCUT2D eigenvalue weighted by Crippen LogP contribution is -2.35. The fraction of sp³-hybridized carbons (Fsp3) is 0.400. The maximum atomic E-state index is 3.75. The Morgan fingerprint density at radius 2 is 0.812 bits per heavy atom. The van der Waals surface area contributed by atoms with E-state index in [4.69, 9.17) is 0 Å². The minimum Gasteiger partial charge on any atom is -0.126 e. The van der Waals surface area contributed by atoms with E-state index >= 15 is 0 Å². The molecule has 0 saturated carbocycles. The summed E-state index contributed by atoms with van der Waals surface area (Å²) in [6.07, 6.45) is 0. The van der Waals surface area contributed by atoms with E-state index in [1.807, 2.05) is 0 Å². The molecule has 0 aliphatic carbocycles. The molecular formula is C30H40Si2. The van der Waals surface area contributed by atoms with Gasteiger partial charge in [0.15, 0.2) is 0 Å². The molecule has 0 aliphatic rings. The SMILES string of the molecule is CC(C)(C)[Si](C)(C)C#C/C(=C(/C#C[Si](C)(C)C(C)(C)C)c1ccccc1)c1ccccc1. The molecule has 0 bridgehead atoms. The van der Waals surface area contributed by atoms with Crippen molar-refractivity contribution in [2.75, 3.05) is 0 Å². The van der Waals surface area contributed by atoms with Crippen LogP contribution in [0.4, 0.5) is 0 Å². The molecule has 0 spiro atoms. The average Bonchev–Trinajstić information content (AvgIpc) is 2.70. The van der Waals surface area contributed by atoms with Crippen molar-refractivity contribution in [2.24, 2.45) is 0 Å². The monoisotopic (exact) mass is 456 g/mol. The second-order valence-corrected chi connectivity index (χ2v) is 21.7. The molecule has 0 atom stereocenters. The van der Waals surface area contributed by atoms with Crippen molar-refractivity contribution >= 4 is 27.3 Å². The van der Waals surface area contributed by atoms with Crippen LogP contribution >= 0.6 is 0 Å². The quantitative estimate of drug-likeness (QED) is 0.241. The third-order valence-corrected chi connectivity index (χ3v) is 16.1. The molecule has 0 aromatic heterocycles. The van der Waals surface area contributed by atoms with Gasteiger partial charge in [-0.2, -0.15) is 0 Å². The molecule has 2 aromatic rings. The molecule has 0 amide bonds. The summed E-state index contributed by atoms with van der Waals surface area (Å²) in [5.41, 5.74) is 11.9. The topological polar surface area (TPSA) is 0 Å². The minimum atomic E-state index is -1.77. The highest BCUT2D eigenvalue weighted by atomic mass is 28.3. The Morgan fingerprint density at radius 1 is 0.531 bits per heavy atom. The second kappa shape index (κ2) is 9.70. The van der Waals surface area contributed by atoms with Gasteiger partial charge in [-0.25, -0.2) is 0 Å². The van der Waals surface area contributed by atoms with Crippen LogP contribution in [-0.4, -0.2) is 16.1 Å². The normalized spacial score (nSPS) is 13.3. The molecule has 0 heterocycles. The van der Waals surface area contributed by atoms with E-state index < -0.39 is 16.1 Å². The zero-order valence-corrected chi connectivity index (χ0v) is 23.8. The molecule has 0 N–H and O–H groups in total. The largest absolute Gasteiger partial charge is 0.138 e. The van der Waals surface area contributed by atoms with E-state index in [0.29, 0.717) is 0 Å². The van der Waals surface area contributed by atoms with E-state index in [1.165, 1.54) is 0 Å². The summed E-state index contributed by atoms with van der Waals surface area (Å²) in [6.45, 7) is 23.4. The number of hydrogen-bond acceptors (Lipinski definition) is 0. The molecule has 0 aliphatic heterocycles. The van der Waals surface area contributed by atoms with Gasteiger partial charge >= 0.3 is 0 Å². The Hall–Kier alpha value is -2.27. The molecule has 32 heavy (non-hydrogen) atoms. The fourth-order valence-corrected chi connectivity index (χ4v) is 4.21. The van der Waals surface area contributed by atoms with E-state index in [9.17, 15) is 0 Å². The number of benzene rings is 2. The van der Waals surface area contributed by atoms with Crippen LogP contribution in [0.1, 0.15) is 52.7 Å². The van der Waals surface area contributed by atoms with Crippen LogP contribution in [0.2, 0.25) is 36.3 Å². The zero-order chi connectivity index (χ0) is 24.2. The first-order valence-corrected chi connectivity index (χ1v) is 17.6. The number of allylic oxidation sites excluding steroid dienone is 2. The average molecular weight is 457 g/mol. The van der Waals surface area contributed by atoms with Crippen molar-refractivity contribution in [2.45, 2.75) is 77.8 Å². The van der Waals surface area contributed by atoms with Crippen LogP contribution in [0, 0.1) is 22.9 Å². The molecule has 2 rings (SSSR count). The summed E-state index contributed by atoms with van der Waals surface area (Å²) in [5, 5.41) is 0.420. The number of rotatable bonds is 2. The van der Waals surface area contributed by atoms with E-state index in [0.717, 1.165) is 22.3 Å². The highest BCUT2D eigenvalue weighted by molar-refractivity contribution is 6.88. The summed E-state index contributed by atoms with van der Waals surface area (Å²) >= 11 is 0. The van der Waals surface area contributed by atoms with Gasteiger partial charge in [0, 0.05) is 11.1 Å². The third kappa shape index (κ3) is 6.38. The molecular weight excluding hydrogens is 417 g/mol. The highest BCUT2D eigenvalue weighted by Gasteiger charge is 2.34. The molecule has 0 nitrogen and oxygen atoms in total. The Labute approximate surface area is 199 Å². The molecule has 0 saturated heterocycles. The molecule has 0 unspecified atom stereocenters. The highest BCUT2D eigenvalue weighted by Crippen LogP contribution is 2.37. The fourth-order valence-electron chi connectivity index (χ4n) is 2.58. The summed E-state index contributed by atoms with van der Waals surface area (Å²) < 4.78 is 0. The van der Waals surface area contributed by atoms with Gasteiger partial charge in [0.25, 0.3) is 0 Å². The first-order valence-electron chi connectivity index (χ1n) is 11.6. The minimum absolute atomic E-state index is 0.210. The van der Waals surface area contributed by atoms with Gasteiger partial charge in [-0.1, -0.05) is 140 Å². The predicted octanol–water partition coefficient (Wildman–Crippen LogP) is 8.70. The van der Waals surface area contributed by atoms with Crippen LogP contribution in [0.3, 0.4) is 0 Å². The van der Waals surface area contributed by atoms with Gasteiger partial charge < -0.3 is 0 Å². The molecule has 2 heteroatoms. The zero-order valence-electron chi connectivity index (χ0n) is 21.8. The molecule has 0 radical (unpaired) electrons. The van der Waals surface area contributed by atoms with Gasteiger partial charge in [0.1, 0.15) is 16.1 Å². The number of hydrogen-bond donors (Lipinski definition) is 0. The third-order valence-electron chi connectivity index (χ3n) is 7.12. The Kier molecular flexibility index (Phi) is 7.88. The van der Waals surface area contributed by atoms with Crippen LogP contribution in [0.5, 0.6) is 0 Å². The van der Waals surface area contributed by atoms with E-state index in [-0.39, 0.29) is 10.1 Å². The van der Waals surface area contributed by atoms with Crippen molar-refractivity contribution in [3.63, 3.8) is 0 Å². The van der Waals surface area contributed by atoms with Crippen molar-refractivity contribution in [1.82, 2.24) is 0 Å². The summed E-state index contributed by atoms with van der Waals surface area (Å²) in [6, 6.07) is 21.1. The summed E-state index contributed by atoms with van der Waals surface area (Å²) in [4.78, 5) is 0. The van der Waals surface area contributed by atoms with Crippen LogP contribution in [0.25, 0.3) is 11.1 Å². The lowest BCUT2D eigenvalue weighted by Gasteiger charge is -2.31. The molecule has 0 fully saturated rings. The lowest BCUT2D eigenvalue weighted by atomic mass is 9.95. The summed E-state index contributed by atoms with van der Waals surface area (Å²) in [7, 11) is -3.54. The standard InChI is InChI=1S/C30H40Si2/c1-29(2,3)31(7,8)23-21-27(25-17-13-11-14-18-25)28(26-19-15-12-16-20-26)22-24-32(9,10)30(4,5)6/h11-20H,1-10H3/b28-27+. The van der Waals surface area contributed by atoms with Gasteiger partial charge in [0.05, 0.1) is 0 Å².